The van der Waals surface area contributed by atoms with E-state index in [-0.39, 0.29) is 29.3 Å². The van der Waals surface area contributed by atoms with Crippen LogP contribution < -0.4 is 15.2 Å². The minimum atomic E-state index is -4.02. The van der Waals surface area contributed by atoms with Crippen LogP contribution in [0.4, 0.5) is 11.4 Å². The number of nitrogens with one attached hydrogen (secondary N) is 1. The number of aromatic nitrogens is 1. The summed E-state index contributed by atoms with van der Waals surface area (Å²) in [5.41, 5.74) is 1.48. The second-order valence-corrected chi connectivity index (χ2v) is 9.51. The SMILES string of the molecule is CN(CCCS(=O)(=O)O)c1ccc2cc(-c3nc4ccc(NS(=O)[O-])cc4o3)c(=O)oc2c1. The highest BCUT2D eigenvalue weighted by molar-refractivity contribution is 7.85. The summed E-state index contributed by atoms with van der Waals surface area (Å²) in [5.74, 6) is -0.312. The molecule has 2 N–H and O–H groups in total. The summed E-state index contributed by atoms with van der Waals surface area (Å²) in [5, 5.41) is 0.617. The lowest BCUT2D eigenvalue weighted by Gasteiger charge is -2.19. The summed E-state index contributed by atoms with van der Waals surface area (Å²) in [6.07, 6.45) is 0.232. The van der Waals surface area contributed by atoms with Gasteiger partial charge in [-0.25, -0.2) is 9.78 Å². The Morgan fingerprint density at radius 1 is 1.15 bits per heavy atom. The fourth-order valence-electron chi connectivity index (χ4n) is 3.30. The van der Waals surface area contributed by atoms with Crippen LogP contribution in [0.1, 0.15) is 6.42 Å². The van der Waals surface area contributed by atoms with Crippen LogP contribution in [0.2, 0.25) is 0 Å². The first-order valence-corrected chi connectivity index (χ1v) is 12.3. The highest BCUT2D eigenvalue weighted by Gasteiger charge is 2.16. The molecule has 174 valence electrons. The molecule has 4 aromatic rings. The number of nitrogens with zero attached hydrogens (tertiary/aromatic N) is 2. The van der Waals surface area contributed by atoms with Crippen LogP contribution in [-0.2, 0) is 21.4 Å². The number of fused-ring (bicyclic) bond motifs is 2. The molecule has 0 amide bonds. The molecule has 0 aliphatic heterocycles. The van der Waals surface area contributed by atoms with Crippen LogP contribution in [0.3, 0.4) is 0 Å². The maximum atomic E-state index is 12.6. The van der Waals surface area contributed by atoms with Crippen molar-refractivity contribution in [2.24, 2.45) is 0 Å². The van der Waals surface area contributed by atoms with Gasteiger partial charge in [-0.2, -0.15) is 8.42 Å². The fourth-order valence-corrected chi connectivity index (χ4v) is 4.11. The van der Waals surface area contributed by atoms with Crippen molar-refractivity contribution < 1.29 is 30.6 Å². The van der Waals surface area contributed by atoms with E-state index in [4.69, 9.17) is 13.4 Å². The smallest absolute Gasteiger partial charge is 0.349 e. The minimum Gasteiger partial charge on any atom is -0.755 e. The summed E-state index contributed by atoms with van der Waals surface area (Å²) < 4.78 is 65.5. The predicted molar refractivity (Wildman–Crippen MR) is 122 cm³/mol. The van der Waals surface area contributed by atoms with Crippen molar-refractivity contribution in [3.05, 3.63) is 52.9 Å². The molecule has 13 heteroatoms. The third-order valence-electron chi connectivity index (χ3n) is 4.88. The van der Waals surface area contributed by atoms with E-state index in [0.717, 1.165) is 0 Å². The Balaban J connectivity index is 1.62. The Hall–Kier alpha value is -3.26. The zero-order valence-electron chi connectivity index (χ0n) is 17.2. The molecule has 1 atom stereocenters. The molecule has 0 aliphatic carbocycles. The topological polar surface area (TPSA) is 166 Å². The van der Waals surface area contributed by atoms with Gasteiger partial charge < -0.3 is 23.0 Å². The zero-order chi connectivity index (χ0) is 23.8. The molecule has 4 rings (SSSR count). The van der Waals surface area contributed by atoms with Crippen molar-refractivity contribution in [3.8, 4) is 11.5 Å². The van der Waals surface area contributed by atoms with Gasteiger partial charge in [0.25, 0.3) is 10.1 Å². The second-order valence-electron chi connectivity index (χ2n) is 7.27. The Labute approximate surface area is 190 Å². The van der Waals surface area contributed by atoms with Crippen LogP contribution in [0.5, 0.6) is 0 Å². The molecule has 0 saturated carbocycles. The molecule has 0 radical (unpaired) electrons. The van der Waals surface area contributed by atoms with E-state index in [1.807, 2.05) is 0 Å². The molecular weight excluding hydrogens is 474 g/mol. The van der Waals surface area contributed by atoms with Crippen molar-refractivity contribution >= 4 is 54.8 Å². The first-order valence-electron chi connectivity index (χ1n) is 9.60. The molecule has 2 aromatic carbocycles. The van der Waals surface area contributed by atoms with E-state index in [0.29, 0.717) is 34.3 Å². The van der Waals surface area contributed by atoms with Gasteiger partial charge in [-0.3, -0.25) is 8.76 Å². The normalized spacial score (nSPS) is 12.8. The van der Waals surface area contributed by atoms with Gasteiger partial charge in [-0.15, -0.1) is 0 Å². The fraction of sp³-hybridized carbons (Fsp3) is 0.200. The van der Waals surface area contributed by atoms with Crippen molar-refractivity contribution in [2.45, 2.75) is 6.42 Å². The number of anilines is 2. The summed E-state index contributed by atoms with van der Waals surface area (Å²) >= 11 is -2.49. The molecule has 2 aromatic heterocycles. The first kappa shape index (κ1) is 22.9. The van der Waals surface area contributed by atoms with Crippen LogP contribution in [-0.4, -0.2) is 46.1 Å². The van der Waals surface area contributed by atoms with E-state index in [2.05, 4.69) is 9.71 Å². The van der Waals surface area contributed by atoms with Gasteiger partial charge in [0.05, 0.1) is 5.75 Å². The molecule has 0 fully saturated rings. The van der Waals surface area contributed by atoms with Crippen LogP contribution >= 0.6 is 0 Å². The highest BCUT2D eigenvalue weighted by Crippen LogP contribution is 2.28. The Kier molecular flexibility index (Phi) is 6.21. The predicted octanol–water partition coefficient (Wildman–Crippen LogP) is 2.52. The molecule has 2 heterocycles. The Morgan fingerprint density at radius 2 is 1.94 bits per heavy atom. The van der Waals surface area contributed by atoms with Crippen LogP contribution in [0.15, 0.2) is 56.1 Å². The number of hydrogen-bond acceptors (Lipinski definition) is 9. The standard InChI is InChI=1S/C20H19N3O8S2/c1-23(7-2-8-33(27,28)29)14-5-3-12-9-15(20(24)31-17(12)11-14)19-21-16-6-4-13(22-32(25)26)10-18(16)30-19/h3-6,9-11,22H,2,7-8H2,1H3,(H,25,26)(H,27,28,29)/p-1. The number of rotatable bonds is 8. The highest BCUT2D eigenvalue weighted by atomic mass is 32.2. The Morgan fingerprint density at radius 3 is 2.67 bits per heavy atom. The molecule has 0 saturated heterocycles. The lowest BCUT2D eigenvalue weighted by Crippen LogP contribution is -2.21. The molecule has 0 spiro atoms. The summed E-state index contributed by atoms with van der Waals surface area (Å²) in [4.78, 5) is 18.7. The van der Waals surface area contributed by atoms with Gasteiger partial charge >= 0.3 is 5.63 Å². The molecular formula is C20H18N3O8S2-. The summed E-state index contributed by atoms with van der Waals surface area (Å²) in [6, 6.07) is 11.3. The average molecular weight is 493 g/mol. The lowest BCUT2D eigenvalue weighted by atomic mass is 10.1. The quantitative estimate of drug-likeness (QED) is 0.212. The van der Waals surface area contributed by atoms with Crippen molar-refractivity contribution in [1.82, 2.24) is 4.98 Å². The summed E-state index contributed by atoms with van der Waals surface area (Å²) in [7, 11) is -2.27. The third kappa shape index (κ3) is 5.39. The van der Waals surface area contributed by atoms with Gasteiger partial charge in [-0.05, 0) is 36.8 Å². The van der Waals surface area contributed by atoms with Gasteiger partial charge in [0.15, 0.2) is 5.58 Å². The van der Waals surface area contributed by atoms with E-state index < -0.39 is 27.0 Å². The van der Waals surface area contributed by atoms with Gasteiger partial charge in [0, 0.05) is 53.8 Å². The second kappa shape index (κ2) is 8.94. The van der Waals surface area contributed by atoms with Gasteiger partial charge in [0.2, 0.25) is 5.89 Å². The van der Waals surface area contributed by atoms with Crippen molar-refractivity contribution in [2.75, 3.05) is 29.0 Å². The first-order chi connectivity index (χ1) is 15.6. The lowest BCUT2D eigenvalue weighted by molar-refractivity contribution is 0.481. The monoisotopic (exact) mass is 492 g/mol. The number of hydrogen-bond donors (Lipinski definition) is 2. The van der Waals surface area contributed by atoms with Gasteiger partial charge in [-0.1, -0.05) is 0 Å². The number of benzene rings is 2. The number of oxazole rings is 1. The summed E-state index contributed by atoms with van der Waals surface area (Å²) in [6.45, 7) is 0.368. The molecule has 0 bridgehead atoms. The molecule has 1 unspecified atom stereocenters. The van der Waals surface area contributed by atoms with Crippen molar-refractivity contribution in [3.63, 3.8) is 0 Å². The Bertz CT molecular complexity index is 1530. The van der Waals surface area contributed by atoms with E-state index in [1.165, 1.54) is 12.1 Å². The average Bonchev–Trinajstić information content (AvgIpc) is 3.14. The maximum absolute atomic E-state index is 12.6. The molecule has 11 nitrogen and oxygen atoms in total. The maximum Gasteiger partial charge on any atom is 0.349 e. The minimum absolute atomic E-state index is 0.0347. The van der Waals surface area contributed by atoms with E-state index in [9.17, 15) is 22.0 Å². The molecule has 0 aliphatic rings. The van der Waals surface area contributed by atoms with E-state index in [1.54, 1.807) is 42.3 Å². The van der Waals surface area contributed by atoms with Crippen LogP contribution in [0, 0.1) is 0 Å². The van der Waals surface area contributed by atoms with Gasteiger partial charge in [0.1, 0.15) is 16.7 Å². The third-order valence-corrected chi connectivity index (χ3v) is 6.08. The van der Waals surface area contributed by atoms with Crippen molar-refractivity contribution in [1.29, 1.82) is 0 Å². The molecule has 33 heavy (non-hydrogen) atoms. The largest absolute Gasteiger partial charge is 0.755 e. The van der Waals surface area contributed by atoms with Crippen LogP contribution in [0.25, 0.3) is 33.5 Å². The van der Waals surface area contributed by atoms with E-state index >= 15 is 0 Å². The zero-order valence-corrected chi connectivity index (χ0v) is 18.8.